The first-order valence-corrected chi connectivity index (χ1v) is 9.45. The molecule has 2 heterocycles. The van der Waals surface area contributed by atoms with Crippen molar-refractivity contribution in [3.05, 3.63) is 69.9 Å². The number of aromatic amines is 1. The fraction of sp³-hybridized carbons (Fsp3) is 0.300. The SMILES string of the molecule is Cc1nc(C(=O)N[C@@H](C)c2ccccc2Cl)nc(NCCc2cn[nH]c2)c1C. The monoisotopic (exact) mass is 398 g/mol. The van der Waals surface area contributed by atoms with E-state index in [1.165, 1.54) is 0 Å². The summed E-state index contributed by atoms with van der Waals surface area (Å²) in [7, 11) is 0. The molecule has 146 valence electrons. The molecule has 0 aliphatic carbocycles. The maximum absolute atomic E-state index is 12.7. The Morgan fingerprint density at radius 3 is 2.75 bits per heavy atom. The first-order chi connectivity index (χ1) is 13.5. The summed E-state index contributed by atoms with van der Waals surface area (Å²) in [5.74, 6) is 0.452. The van der Waals surface area contributed by atoms with E-state index in [9.17, 15) is 4.79 Å². The number of benzene rings is 1. The van der Waals surface area contributed by atoms with Crippen LogP contribution >= 0.6 is 11.6 Å². The van der Waals surface area contributed by atoms with Crippen LogP contribution in [0.5, 0.6) is 0 Å². The van der Waals surface area contributed by atoms with Crippen LogP contribution in [0.2, 0.25) is 5.02 Å². The molecule has 1 aromatic carbocycles. The highest BCUT2D eigenvalue weighted by molar-refractivity contribution is 6.31. The molecule has 7 nitrogen and oxygen atoms in total. The number of rotatable bonds is 7. The number of anilines is 1. The Morgan fingerprint density at radius 2 is 2.04 bits per heavy atom. The summed E-state index contributed by atoms with van der Waals surface area (Å²) in [5.41, 5.74) is 3.63. The molecule has 3 rings (SSSR count). The van der Waals surface area contributed by atoms with Crippen LogP contribution in [-0.4, -0.2) is 32.6 Å². The van der Waals surface area contributed by atoms with Gasteiger partial charge in [0.25, 0.3) is 5.91 Å². The molecular weight excluding hydrogens is 376 g/mol. The quantitative estimate of drug-likeness (QED) is 0.565. The van der Waals surface area contributed by atoms with E-state index in [-0.39, 0.29) is 17.8 Å². The lowest BCUT2D eigenvalue weighted by molar-refractivity contribution is 0.0929. The van der Waals surface area contributed by atoms with Crippen molar-refractivity contribution >= 4 is 23.3 Å². The van der Waals surface area contributed by atoms with Gasteiger partial charge >= 0.3 is 0 Å². The summed E-state index contributed by atoms with van der Waals surface area (Å²) in [6, 6.07) is 7.17. The predicted molar refractivity (Wildman–Crippen MR) is 110 cm³/mol. The van der Waals surface area contributed by atoms with Crippen molar-refractivity contribution in [2.24, 2.45) is 0 Å². The van der Waals surface area contributed by atoms with Gasteiger partial charge in [-0.3, -0.25) is 9.89 Å². The average Bonchev–Trinajstić information content (AvgIpc) is 3.18. The second-order valence-electron chi connectivity index (χ2n) is 6.61. The highest BCUT2D eigenvalue weighted by atomic mass is 35.5. The van der Waals surface area contributed by atoms with E-state index < -0.39 is 0 Å². The first kappa shape index (κ1) is 19.8. The van der Waals surface area contributed by atoms with Crippen LogP contribution in [0.25, 0.3) is 0 Å². The third-order valence-electron chi connectivity index (χ3n) is 4.57. The van der Waals surface area contributed by atoms with E-state index in [4.69, 9.17) is 11.6 Å². The van der Waals surface area contributed by atoms with Crippen LogP contribution in [0.4, 0.5) is 5.82 Å². The summed E-state index contributed by atoms with van der Waals surface area (Å²) in [4.78, 5) is 21.5. The molecule has 0 radical (unpaired) electrons. The fourth-order valence-electron chi connectivity index (χ4n) is 2.81. The van der Waals surface area contributed by atoms with Crippen molar-refractivity contribution in [1.29, 1.82) is 0 Å². The molecule has 0 fully saturated rings. The molecule has 0 spiro atoms. The topological polar surface area (TPSA) is 95.6 Å². The molecule has 3 aromatic rings. The summed E-state index contributed by atoms with van der Waals surface area (Å²) < 4.78 is 0. The van der Waals surface area contributed by atoms with Crippen molar-refractivity contribution in [3.63, 3.8) is 0 Å². The molecule has 0 aliphatic rings. The zero-order valence-corrected chi connectivity index (χ0v) is 16.8. The van der Waals surface area contributed by atoms with E-state index in [0.29, 0.717) is 17.4 Å². The van der Waals surface area contributed by atoms with Crippen LogP contribution in [0.15, 0.2) is 36.7 Å². The van der Waals surface area contributed by atoms with E-state index >= 15 is 0 Å². The zero-order chi connectivity index (χ0) is 20.1. The number of hydrogen-bond donors (Lipinski definition) is 3. The molecule has 0 bridgehead atoms. The van der Waals surface area contributed by atoms with Gasteiger partial charge in [0.05, 0.1) is 12.2 Å². The minimum absolute atomic E-state index is 0.132. The minimum atomic E-state index is -0.339. The van der Waals surface area contributed by atoms with E-state index in [2.05, 4.69) is 30.8 Å². The normalized spacial score (nSPS) is 11.9. The predicted octanol–water partition coefficient (Wildman–Crippen LogP) is 3.62. The molecule has 0 saturated heterocycles. The molecule has 8 heteroatoms. The number of H-pyrrole nitrogens is 1. The molecule has 0 unspecified atom stereocenters. The Hall–Kier alpha value is -2.93. The molecule has 2 aromatic heterocycles. The summed E-state index contributed by atoms with van der Waals surface area (Å²) >= 11 is 6.22. The lowest BCUT2D eigenvalue weighted by Crippen LogP contribution is -2.29. The summed E-state index contributed by atoms with van der Waals surface area (Å²) in [6.07, 6.45) is 4.44. The van der Waals surface area contributed by atoms with E-state index in [0.717, 1.165) is 28.8 Å². The maximum Gasteiger partial charge on any atom is 0.289 e. The first-order valence-electron chi connectivity index (χ1n) is 9.07. The number of nitrogens with zero attached hydrogens (tertiary/aromatic N) is 3. The Bertz CT molecular complexity index is 957. The van der Waals surface area contributed by atoms with Crippen LogP contribution in [0.3, 0.4) is 0 Å². The molecular formula is C20H23ClN6O. The molecule has 0 aliphatic heterocycles. The van der Waals surface area contributed by atoms with Crippen molar-refractivity contribution < 1.29 is 4.79 Å². The van der Waals surface area contributed by atoms with Crippen LogP contribution in [0.1, 0.15) is 46.0 Å². The Kier molecular flexibility index (Phi) is 6.26. The van der Waals surface area contributed by atoms with Gasteiger partial charge in [-0.05, 0) is 44.4 Å². The van der Waals surface area contributed by atoms with E-state index in [1.54, 1.807) is 12.3 Å². The molecule has 1 atom stereocenters. The third-order valence-corrected chi connectivity index (χ3v) is 4.92. The lowest BCUT2D eigenvalue weighted by Gasteiger charge is -2.16. The second kappa shape index (κ2) is 8.84. The number of aryl methyl sites for hydroxylation is 1. The van der Waals surface area contributed by atoms with Crippen molar-refractivity contribution in [3.8, 4) is 0 Å². The summed E-state index contributed by atoms with van der Waals surface area (Å²) in [6.45, 7) is 6.36. The van der Waals surface area contributed by atoms with Crippen molar-refractivity contribution in [1.82, 2.24) is 25.5 Å². The van der Waals surface area contributed by atoms with Gasteiger partial charge in [0, 0.05) is 29.0 Å². The molecule has 28 heavy (non-hydrogen) atoms. The number of aromatic nitrogens is 4. The Balaban J connectivity index is 1.71. The third kappa shape index (κ3) is 4.67. The van der Waals surface area contributed by atoms with Gasteiger partial charge in [-0.1, -0.05) is 29.8 Å². The maximum atomic E-state index is 12.7. The minimum Gasteiger partial charge on any atom is -0.369 e. The second-order valence-corrected chi connectivity index (χ2v) is 7.01. The molecule has 1 amide bonds. The fourth-order valence-corrected chi connectivity index (χ4v) is 3.11. The van der Waals surface area contributed by atoms with Gasteiger partial charge in [0.1, 0.15) is 5.82 Å². The molecule has 0 saturated carbocycles. The number of carbonyl (C=O) groups is 1. The van der Waals surface area contributed by atoms with Gasteiger partial charge in [0.15, 0.2) is 0 Å². The highest BCUT2D eigenvalue weighted by Gasteiger charge is 2.18. The van der Waals surface area contributed by atoms with Gasteiger partial charge < -0.3 is 10.6 Å². The average molecular weight is 399 g/mol. The van der Waals surface area contributed by atoms with Gasteiger partial charge in [0.2, 0.25) is 5.82 Å². The van der Waals surface area contributed by atoms with Crippen LogP contribution < -0.4 is 10.6 Å². The largest absolute Gasteiger partial charge is 0.369 e. The lowest BCUT2D eigenvalue weighted by atomic mass is 10.1. The Labute approximate surface area is 169 Å². The highest BCUT2D eigenvalue weighted by Crippen LogP contribution is 2.22. The van der Waals surface area contributed by atoms with Crippen LogP contribution in [0, 0.1) is 13.8 Å². The van der Waals surface area contributed by atoms with E-state index in [1.807, 2.05) is 45.2 Å². The van der Waals surface area contributed by atoms with Crippen molar-refractivity contribution in [2.45, 2.75) is 33.2 Å². The van der Waals surface area contributed by atoms with Gasteiger partial charge in [-0.2, -0.15) is 5.10 Å². The van der Waals surface area contributed by atoms with Gasteiger partial charge in [-0.25, -0.2) is 9.97 Å². The number of nitrogens with one attached hydrogen (secondary N) is 3. The number of hydrogen-bond acceptors (Lipinski definition) is 5. The number of carbonyl (C=O) groups excluding carboxylic acids is 1. The summed E-state index contributed by atoms with van der Waals surface area (Å²) in [5, 5.41) is 13.5. The number of halogens is 1. The smallest absolute Gasteiger partial charge is 0.289 e. The Morgan fingerprint density at radius 1 is 1.25 bits per heavy atom. The van der Waals surface area contributed by atoms with Crippen LogP contribution in [-0.2, 0) is 6.42 Å². The molecule has 3 N–H and O–H groups in total. The van der Waals surface area contributed by atoms with Gasteiger partial charge in [-0.15, -0.1) is 0 Å². The number of amides is 1. The van der Waals surface area contributed by atoms with Crippen molar-refractivity contribution in [2.75, 3.05) is 11.9 Å². The standard InChI is InChI=1S/C20H23ClN6O/c1-12-13(2)25-19(27-18(12)22-9-8-15-10-23-24-11-15)20(28)26-14(3)16-6-4-5-7-17(16)21/h4-7,10-11,14H,8-9H2,1-3H3,(H,23,24)(H,26,28)(H,22,25,27)/t14-/m0/s1. The zero-order valence-electron chi connectivity index (χ0n) is 16.1.